The summed E-state index contributed by atoms with van der Waals surface area (Å²) in [6.45, 7) is 0.250. The number of rotatable bonds is 8. The average molecular weight is 570 g/mol. The maximum absolute atomic E-state index is 14.3. The predicted octanol–water partition coefficient (Wildman–Crippen LogP) is 5.23. The molecule has 1 saturated heterocycles. The molecule has 1 unspecified atom stereocenters. The van der Waals surface area contributed by atoms with E-state index in [0.29, 0.717) is 47.5 Å². The average Bonchev–Trinajstić information content (AvgIpc) is 3.48. The fraction of sp³-hybridized carbons (Fsp3) is 0.433. The summed E-state index contributed by atoms with van der Waals surface area (Å²) in [5.41, 5.74) is 2.57. The van der Waals surface area contributed by atoms with Crippen LogP contribution in [0.4, 0.5) is 10.1 Å². The molecule has 1 aliphatic heterocycles. The maximum Gasteiger partial charge on any atom is 0.306 e. The number of carboxylic acids is 1. The third-order valence-corrected chi connectivity index (χ3v) is 8.32. The molecule has 212 valence electrons. The standard InChI is InChI=1S/C30H33ClFN3O5/c1-34-16-24(23-4-2-3-5-27(23)34)29(37)33-26-11-6-18(12-25(26)31)13-28(36)35-15-20(32)14-21(35)17-40-22-9-7-19(8-10-22)30(38)39/h2-6,11-12,16,19-22H,7-10,13-15,17H2,1H3,(H,33,37)(H,38,39)/t19?,20?,21-,22?/m0/s1. The molecule has 8 nitrogen and oxygen atoms in total. The van der Waals surface area contributed by atoms with Gasteiger partial charge in [-0.2, -0.15) is 0 Å². The monoisotopic (exact) mass is 569 g/mol. The molecular weight excluding hydrogens is 537 g/mol. The Kier molecular flexibility index (Phi) is 8.42. The largest absolute Gasteiger partial charge is 0.481 e. The van der Waals surface area contributed by atoms with Gasteiger partial charge in [0.25, 0.3) is 5.91 Å². The lowest BCUT2D eigenvalue weighted by Gasteiger charge is -2.29. The van der Waals surface area contributed by atoms with Gasteiger partial charge in [0.1, 0.15) is 6.17 Å². The molecular formula is C30H33ClFN3O5. The van der Waals surface area contributed by atoms with Crippen LogP contribution in [-0.2, 0) is 27.8 Å². The highest BCUT2D eigenvalue weighted by atomic mass is 35.5. The summed E-state index contributed by atoms with van der Waals surface area (Å²) in [7, 11) is 1.88. The van der Waals surface area contributed by atoms with Crippen LogP contribution < -0.4 is 5.32 Å². The predicted molar refractivity (Wildman–Crippen MR) is 150 cm³/mol. The number of nitrogens with zero attached hydrogens (tertiary/aromatic N) is 2. The molecule has 2 heterocycles. The smallest absolute Gasteiger partial charge is 0.306 e. The summed E-state index contributed by atoms with van der Waals surface area (Å²) >= 11 is 6.48. The first-order chi connectivity index (χ1) is 19.2. The molecule has 0 spiro atoms. The van der Waals surface area contributed by atoms with Crippen LogP contribution in [0.1, 0.15) is 48.0 Å². The number of carbonyl (C=O) groups excluding carboxylic acids is 2. The van der Waals surface area contributed by atoms with E-state index < -0.39 is 12.1 Å². The van der Waals surface area contributed by atoms with Crippen molar-refractivity contribution < 1.29 is 28.6 Å². The minimum Gasteiger partial charge on any atom is -0.481 e. The molecule has 1 aromatic heterocycles. The van der Waals surface area contributed by atoms with Crippen LogP contribution in [0.5, 0.6) is 0 Å². The zero-order valence-electron chi connectivity index (χ0n) is 22.3. The first-order valence-electron chi connectivity index (χ1n) is 13.6. The number of para-hydroxylation sites is 1. The molecule has 0 bridgehead atoms. The molecule has 2 aromatic carbocycles. The Morgan fingerprint density at radius 3 is 2.60 bits per heavy atom. The number of alkyl halides is 1. The summed E-state index contributed by atoms with van der Waals surface area (Å²) in [4.78, 5) is 38.9. The van der Waals surface area contributed by atoms with E-state index in [-0.39, 0.29) is 55.9 Å². The van der Waals surface area contributed by atoms with E-state index in [4.69, 9.17) is 16.3 Å². The number of nitrogens with one attached hydrogen (secondary N) is 1. The number of carbonyl (C=O) groups is 3. The van der Waals surface area contributed by atoms with Crippen molar-refractivity contribution in [2.24, 2.45) is 13.0 Å². The SMILES string of the molecule is Cn1cc(C(=O)Nc2ccc(CC(=O)N3CC(F)C[C@H]3COC3CCC(C(=O)O)CC3)cc2Cl)c2ccccc21. The number of halogens is 2. The third-order valence-electron chi connectivity index (χ3n) is 8.01. The van der Waals surface area contributed by atoms with Crippen molar-refractivity contribution >= 4 is 46.0 Å². The first kappa shape index (κ1) is 28.1. The molecule has 0 radical (unpaired) electrons. The van der Waals surface area contributed by atoms with Crippen LogP contribution in [0.15, 0.2) is 48.7 Å². The molecule has 1 saturated carbocycles. The minimum absolute atomic E-state index is 0.0194. The summed E-state index contributed by atoms with van der Waals surface area (Å²) < 4.78 is 22.2. The topological polar surface area (TPSA) is 101 Å². The van der Waals surface area contributed by atoms with E-state index in [1.54, 1.807) is 24.4 Å². The number of aromatic nitrogens is 1. The summed E-state index contributed by atoms with van der Waals surface area (Å²) in [5.74, 6) is -1.60. The fourth-order valence-corrected chi connectivity index (χ4v) is 6.06. The van der Waals surface area contributed by atoms with Gasteiger partial charge in [-0.3, -0.25) is 14.4 Å². The summed E-state index contributed by atoms with van der Waals surface area (Å²) in [5, 5.41) is 13.2. The van der Waals surface area contributed by atoms with Crippen LogP contribution in [0, 0.1) is 5.92 Å². The Bertz CT molecular complexity index is 1420. The number of benzene rings is 2. The molecule has 2 aliphatic rings. The van der Waals surface area contributed by atoms with Gasteiger partial charge in [-0.25, -0.2) is 4.39 Å². The van der Waals surface area contributed by atoms with Crippen molar-refractivity contribution in [2.75, 3.05) is 18.5 Å². The molecule has 10 heteroatoms. The maximum atomic E-state index is 14.3. The first-order valence-corrected chi connectivity index (χ1v) is 14.0. The summed E-state index contributed by atoms with van der Waals surface area (Å²) in [6.07, 6.45) is 3.29. The van der Waals surface area contributed by atoms with Gasteiger partial charge in [0.15, 0.2) is 0 Å². The lowest BCUT2D eigenvalue weighted by molar-refractivity contribution is -0.144. The molecule has 2 N–H and O–H groups in total. The Morgan fingerprint density at radius 1 is 1.12 bits per heavy atom. The third kappa shape index (κ3) is 6.15. The number of fused-ring (bicyclic) bond motifs is 1. The second-order valence-electron chi connectivity index (χ2n) is 10.8. The number of aryl methyl sites for hydroxylation is 1. The molecule has 1 aliphatic carbocycles. The number of hydrogen-bond donors (Lipinski definition) is 2. The number of ether oxygens (including phenoxy) is 1. The highest BCUT2D eigenvalue weighted by Crippen LogP contribution is 2.30. The van der Waals surface area contributed by atoms with Crippen LogP contribution in [-0.4, -0.2) is 63.8 Å². The van der Waals surface area contributed by atoms with Crippen molar-refractivity contribution in [2.45, 2.75) is 56.8 Å². The number of amides is 2. The number of hydrogen-bond acceptors (Lipinski definition) is 4. The zero-order chi connectivity index (χ0) is 28.4. The van der Waals surface area contributed by atoms with Gasteiger partial charge in [0.2, 0.25) is 5.91 Å². The zero-order valence-corrected chi connectivity index (χ0v) is 23.1. The normalized spacial score (nSPS) is 22.9. The highest BCUT2D eigenvalue weighted by molar-refractivity contribution is 6.34. The fourth-order valence-electron chi connectivity index (χ4n) is 5.80. The van der Waals surface area contributed by atoms with Gasteiger partial charge in [-0.1, -0.05) is 35.9 Å². The second-order valence-corrected chi connectivity index (χ2v) is 11.2. The van der Waals surface area contributed by atoms with Gasteiger partial charge in [0, 0.05) is 30.6 Å². The van der Waals surface area contributed by atoms with E-state index in [1.165, 1.54) is 4.90 Å². The highest BCUT2D eigenvalue weighted by Gasteiger charge is 2.36. The van der Waals surface area contributed by atoms with E-state index in [1.807, 2.05) is 35.9 Å². The van der Waals surface area contributed by atoms with E-state index in [0.717, 1.165) is 10.9 Å². The number of anilines is 1. The van der Waals surface area contributed by atoms with E-state index in [9.17, 15) is 23.9 Å². The lowest BCUT2D eigenvalue weighted by atomic mass is 9.87. The number of likely N-dealkylation sites (tertiary alicyclic amines) is 1. The van der Waals surface area contributed by atoms with Crippen LogP contribution in [0.2, 0.25) is 5.02 Å². The Morgan fingerprint density at radius 2 is 1.88 bits per heavy atom. The Labute approximate surface area is 237 Å². The van der Waals surface area contributed by atoms with E-state index in [2.05, 4.69) is 5.32 Å². The van der Waals surface area contributed by atoms with Gasteiger partial charge < -0.3 is 24.6 Å². The minimum atomic E-state index is -1.12. The quantitative estimate of drug-likeness (QED) is 0.387. The molecule has 2 fully saturated rings. The molecule has 3 aromatic rings. The van der Waals surface area contributed by atoms with Crippen LogP contribution in [0.3, 0.4) is 0 Å². The molecule has 5 rings (SSSR count). The van der Waals surface area contributed by atoms with Crippen LogP contribution in [0.25, 0.3) is 10.9 Å². The molecule has 2 amide bonds. The molecule has 2 atom stereocenters. The van der Waals surface area contributed by atoms with Crippen molar-refractivity contribution in [3.05, 3.63) is 64.8 Å². The van der Waals surface area contributed by atoms with Gasteiger partial charge in [0.05, 0.1) is 53.9 Å². The Balaban J connectivity index is 1.18. The van der Waals surface area contributed by atoms with Gasteiger partial charge in [-0.15, -0.1) is 0 Å². The Hall–Kier alpha value is -3.43. The molecule has 40 heavy (non-hydrogen) atoms. The number of aliphatic carboxylic acids is 1. The van der Waals surface area contributed by atoms with Crippen LogP contribution >= 0.6 is 11.6 Å². The second kappa shape index (κ2) is 12.0. The van der Waals surface area contributed by atoms with Crippen molar-refractivity contribution in [3.8, 4) is 0 Å². The number of carboxylic acid groups (broad SMARTS) is 1. The van der Waals surface area contributed by atoms with Crippen molar-refractivity contribution in [1.82, 2.24) is 9.47 Å². The van der Waals surface area contributed by atoms with Gasteiger partial charge >= 0.3 is 5.97 Å². The van der Waals surface area contributed by atoms with Crippen molar-refractivity contribution in [3.63, 3.8) is 0 Å². The summed E-state index contributed by atoms with van der Waals surface area (Å²) in [6, 6.07) is 12.3. The van der Waals surface area contributed by atoms with Crippen molar-refractivity contribution in [1.29, 1.82) is 0 Å². The van der Waals surface area contributed by atoms with E-state index >= 15 is 0 Å². The van der Waals surface area contributed by atoms with Gasteiger partial charge in [-0.05, 0) is 49.4 Å². The lowest BCUT2D eigenvalue weighted by Crippen LogP contribution is -2.40.